The molecule has 0 unspecified atom stereocenters. The van der Waals surface area contributed by atoms with Crippen LogP contribution >= 0.6 is 12.2 Å². The van der Waals surface area contributed by atoms with Crippen LogP contribution in [0.25, 0.3) is 0 Å². The van der Waals surface area contributed by atoms with E-state index in [2.05, 4.69) is 32.2 Å². The number of aromatic nitrogens is 4. The maximum Gasteiger partial charge on any atom is 0.196 e. The van der Waals surface area contributed by atoms with Crippen LogP contribution in [0.5, 0.6) is 0 Å². The molecule has 0 radical (unpaired) electrons. The van der Waals surface area contributed by atoms with Crippen molar-refractivity contribution in [3.05, 3.63) is 41.4 Å². The molecule has 5 heteroatoms. The van der Waals surface area contributed by atoms with Crippen molar-refractivity contribution in [2.75, 3.05) is 0 Å². The summed E-state index contributed by atoms with van der Waals surface area (Å²) in [5, 5.41) is 0. The number of H-pyrrole nitrogens is 2. The molecule has 2 rings (SSSR count). The van der Waals surface area contributed by atoms with Crippen molar-refractivity contribution in [2.24, 2.45) is 0 Å². The first-order valence-electron chi connectivity index (χ1n) is 3.75. The fourth-order valence-electron chi connectivity index (χ4n) is 0.655. The molecule has 0 atom stereocenters. The first-order chi connectivity index (χ1) is 6.29. The van der Waals surface area contributed by atoms with Crippen LogP contribution in [0.4, 0.5) is 0 Å². The van der Waals surface area contributed by atoms with Gasteiger partial charge in [-0.1, -0.05) is 0 Å². The third kappa shape index (κ3) is 4.17. The molecule has 0 saturated carbocycles. The van der Waals surface area contributed by atoms with E-state index in [-0.39, 0.29) is 0 Å². The van der Waals surface area contributed by atoms with Crippen molar-refractivity contribution in [2.45, 2.75) is 6.92 Å². The van der Waals surface area contributed by atoms with Gasteiger partial charge in [0.05, 0.1) is 0 Å². The molecule has 2 aromatic rings. The van der Waals surface area contributed by atoms with Crippen LogP contribution in [0.3, 0.4) is 0 Å². The Kier molecular flexibility index (Phi) is 3.84. The Balaban J connectivity index is 0.000000132. The Hall–Kier alpha value is -1.49. The van der Waals surface area contributed by atoms with Crippen molar-refractivity contribution < 1.29 is 0 Å². The predicted molar refractivity (Wildman–Crippen MR) is 52.7 cm³/mol. The maximum atomic E-state index is 4.65. The molecule has 0 bridgehead atoms. The zero-order valence-corrected chi connectivity index (χ0v) is 8.01. The molecule has 2 aromatic heterocycles. The molecule has 0 aliphatic rings. The van der Waals surface area contributed by atoms with E-state index in [0.717, 1.165) is 5.82 Å². The van der Waals surface area contributed by atoms with E-state index in [1.165, 1.54) is 0 Å². The smallest absolute Gasteiger partial charge is 0.196 e. The molecular formula is C8H10N4S. The number of nitrogens with one attached hydrogen (secondary N) is 2. The van der Waals surface area contributed by atoms with Gasteiger partial charge in [-0.25, -0.2) is 9.97 Å². The van der Waals surface area contributed by atoms with Gasteiger partial charge in [0.1, 0.15) is 5.82 Å². The summed E-state index contributed by atoms with van der Waals surface area (Å²) >= 11 is 4.65. The molecule has 2 heterocycles. The number of aromatic amines is 2. The number of rotatable bonds is 0. The second-order valence-electron chi connectivity index (χ2n) is 2.26. The molecule has 0 aliphatic heterocycles. The Morgan fingerprint density at radius 3 is 2.23 bits per heavy atom. The first-order valence-corrected chi connectivity index (χ1v) is 4.15. The van der Waals surface area contributed by atoms with Crippen molar-refractivity contribution in [1.82, 2.24) is 19.9 Å². The summed E-state index contributed by atoms with van der Waals surface area (Å²) in [7, 11) is 0. The normalized spacial score (nSPS) is 8.69. The first kappa shape index (κ1) is 9.60. The minimum absolute atomic E-state index is 0.530. The van der Waals surface area contributed by atoms with E-state index in [1.54, 1.807) is 30.9 Å². The maximum absolute atomic E-state index is 4.65. The number of imidazole rings is 1. The van der Waals surface area contributed by atoms with E-state index in [9.17, 15) is 0 Å². The van der Waals surface area contributed by atoms with Gasteiger partial charge in [-0.15, -0.1) is 0 Å². The highest BCUT2D eigenvalue weighted by Gasteiger charge is 1.73. The molecule has 0 aliphatic carbocycles. The van der Waals surface area contributed by atoms with E-state index in [4.69, 9.17) is 0 Å². The third-order valence-electron chi connectivity index (χ3n) is 1.22. The average Bonchev–Trinajstić information content (AvgIpc) is 2.58. The summed E-state index contributed by atoms with van der Waals surface area (Å²) in [6.45, 7) is 1.92. The summed E-state index contributed by atoms with van der Waals surface area (Å²) in [6.07, 6.45) is 6.93. The van der Waals surface area contributed by atoms with Crippen molar-refractivity contribution in [3.63, 3.8) is 0 Å². The molecular weight excluding hydrogens is 184 g/mol. The Morgan fingerprint density at radius 1 is 1.15 bits per heavy atom. The monoisotopic (exact) mass is 194 g/mol. The van der Waals surface area contributed by atoms with Gasteiger partial charge in [0, 0.05) is 24.8 Å². The van der Waals surface area contributed by atoms with Gasteiger partial charge in [-0.05, 0) is 25.2 Å². The Labute approximate surface area is 81.1 Å². The third-order valence-corrected chi connectivity index (χ3v) is 1.44. The molecule has 0 aromatic carbocycles. The van der Waals surface area contributed by atoms with Gasteiger partial charge in [0.2, 0.25) is 0 Å². The molecule has 13 heavy (non-hydrogen) atoms. The average molecular weight is 194 g/mol. The van der Waals surface area contributed by atoms with E-state index < -0.39 is 0 Å². The fraction of sp³-hybridized carbons (Fsp3) is 0.125. The Morgan fingerprint density at radius 2 is 2.00 bits per heavy atom. The minimum Gasteiger partial charge on any atom is -0.349 e. The van der Waals surface area contributed by atoms with Gasteiger partial charge < -0.3 is 9.97 Å². The van der Waals surface area contributed by atoms with Gasteiger partial charge >= 0.3 is 0 Å². The lowest BCUT2D eigenvalue weighted by atomic mass is 10.7. The van der Waals surface area contributed by atoms with Gasteiger partial charge in [0.25, 0.3) is 0 Å². The second-order valence-corrected chi connectivity index (χ2v) is 2.65. The summed E-state index contributed by atoms with van der Waals surface area (Å²) < 4.78 is 0.530. The van der Waals surface area contributed by atoms with Crippen molar-refractivity contribution >= 4 is 12.2 Å². The highest BCUT2D eigenvalue weighted by molar-refractivity contribution is 7.71. The lowest BCUT2D eigenvalue weighted by Gasteiger charge is -1.75. The van der Waals surface area contributed by atoms with Crippen LogP contribution in [-0.4, -0.2) is 19.9 Å². The second kappa shape index (κ2) is 5.21. The van der Waals surface area contributed by atoms with Crippen LogP contribution < -0.4 is 0 Å². The van der Waals surface area contributed by atoms with Crippen molar-refractivity contribution in [1.29, 1.82) is 0 Å². The topological polar surface area (TPSA) is 57.4 Å². The number of aryl methyl sites for hydroxylation is 1. The van der Waals surface area contributed by atoms with Gasteiger partial charge in [-0.2, -0.15) is 0 Å². The standard InChI is InChI=1S/C4H4N2S.C4H6N2/c7-4-5-2-1-3-6-4;1-4-5-2-3-6-4/h1-3H,(H,5,6,7);2-3H,1H3,(H,5,6). The lowest BCUT2D eigenvalue weighted by molar-refractivity contribution is 1.13. The van der Waals surface area contributed by atoms with E-state index in [1.807, 2.05) is 6.92 Å². The quantitative estimate of drug-likeness (QED) is 0.629. The van der Waals surface area contributed by atoms with Crippen LogP contribution in [0.15, 0.2) is 30.9 Å². The zero-order chi connectivity index (χ0) is 9.52. The summed E-state index contributed by atoms with van der Waals surface area (Å²) in [5.74, 6) is 0.968. The SMILES string of the molecule is Cc1ncc[nH]1.S=c1nccc[nH]1. The van der Waals surface area contributed by atoms with E-state index in [0.29, 0.717) is 4.77 Å². The fourth-order valence-corrected chi connectivity index (χ4v) is 0.784. The number of hydrogen-bond acceptors (Lipinski definition) is 3. The van der Waals surface area contributed by atoms with Crippen LogP contribution in [0, 0.1) is 11.7 Å². The molecule has 4 nitrogen and oxygen atoms in total. The van der Waals surface area contributed by atoms with Crippen molar-refractivity contribution in [3.8, 4) is 0 Å². The van der Waals surface area contributed by atoms with E-state index >= 15 is 0 Å². The number of hydrogen-bond donors (Lipinski definition) is 2. The zero-order valence-electron chi connectivity index (χ0n) is 7.19. The summed E-state index contributed by atoms with van der Waals surface area (Å²) in [6, 6.07) is 1.79. The molecule has 0 fully saturated rings. The summed E-state index contributed by atoms with van der Waals surface area (Å²) in [4.78, 5) is 13.2. The largest absolute Gasteiger partial charge is 0.349 e. The van der Waals surface area contributed by atoms with Crippen LogP contribution in [0.2, 0.25) is 0 Å². The summed E-state index contributed by atoms with van der Waals surface area (Å²) in [5.41, 5.74) is 0. The van der Waals surface area contributed by atoms with Crippen LogP contribution in [-0.2, 0) is 0 Å². The lowest BCUT2D eigenvalue weighted by Crippen LogP contribution is -1.72. The molecule has 2 N–H and O–H groups in total. The Bertz CT molecular complexity index is 362. The molecule has 0 spiro atoms. The predicted octanol–water partition coefficient (Wildman–Crippen LogP) is 1.86. The molecule has 0 amide bonds. The van der Waals surface area contributed by atoms with Gasteiger partial charge in [-0.3, -0.25) is 0 Å². The van der Waals surface area contributed by atoms with Gasteiger partial charge in [0.15, 0.2) is 4.77 Å². The minimum atomic E-state index is 0.530. The van der Waals surface area contributed by atoms with Crippen LogP contribution in [0.1, 0.15) is 5.82 Å². The molecule has 0 saturated heterocycles. The number of nitrogens with zero attached hydrogens (tertiary/aromatic N) is 2. The highest BCUT2D eigenvalue weighted by atomic mass is 32.1. The highest BCUT2D eigenvalue weighted by Crippen LogP contribution is 1.78. The molecule has 68 valence electrons.